The molecule has 0 radical (unpaired) electrons. The molecule has 1 amide bonds. The molecule has 1 aromatic heterocycles. The lowest BCUT2D eigenvalue weighted by Crippen LogP contribution is -2.30. The predicted octanol–water partition coefficient (Wildman–Crippen LogP) is 3.18. The van der Waals surface area contributed by atoms with Crippen LogP contribution >= 0.6 is 23.2 Å². The van der Waals surface area contributed by atoms with Crippen molar-refractivity contribution in [3.8, 4) is 5.75 Å². The lowest BCUT2D eigenvalue weighted by molar-refractivity contribution is -0.123. The van der Waals surface area contributed by atoms with Crippen LogP contribution < -0.4 is 10.1 Å². The average Bonchev–Trinajstić information content (AvgIpc) is 3.08. The van der Waals surface area contributed by atoms with Crippen LogP contribution in [0.4, 0.5) is 0 Å². The Hall–Kier alpha value is -1.86. The van der Waals surface area contributed by atoms with E-state index in [1.165, 1.54) is 19.3 Å². The summed E-state index contributed by atoms with van der Waals surface area (Å²) < 4.78 is 7.24. The monoisotopic (exact) mass is 383 g/mol. The van der Waals surface area contributed by atoms with Gasteiger partial charge in [-0.15, -0.1) is 5.10 Å². The summed E-state index contributed by atoms with van der Waals surface area (Å²) in [6, 6.07) is 5.16. The smallest absolute Gasteiger partial charge is 0.258 e. The number of carbonyl (C=O) groups excluding carboxylic acids is 1. The summed E-state index contributed by atoms with van der Waals surface area (Å²) in [5.74, 6) is 0.794. The molecule has 2 aromatic rings. The average molecular weight is 384 g/mol. The molecule has 0 spiro atoms. The van der Waals surface area contributed by atoms with Crippen molar-refractivity contribution >= 4 is 29.1 Å². The number of halogens is 2. The molecule has 1 aliphatic rings. The van der Waals surface area contributed by atoms with Crippen molar-refractivity contribution in [1.82, 2.24) is 25.5 Å². The van der Waals surface area contributed by atoms with Crippen molar-refractivity contribution in [2.75, 3.05) is 6.61 Å². The minimum Gasteiger partial charge on any atom is -0.482 e. The van der Waals surface area contributed by atoms with Crippen LogP contribution in [0.15, 0.2) is 18.2 Å². The molecule has 0 atom stereocenters. The third kappa shape index (κ3) is 4.83. The van der Waals surface area contributed by atoms with Gasteiger partial charge in [0.2, 0.25) is 0 Å². The zero-order valence-corrected chi connectivity index (χ0v) is 15.1. The van der Waals surface area contributed by atoms with Crippen LogP contribution in [0.2, 0.25) is 10.0 Å². The van der Waals surface area contributed by atoms with Gasteiger partial charge >= 0.3 is 0 Å². The maximum absolute atomic E-state index is 12.0. The van der Waals surface area contributed by atoms with E-state index >= 15 is 0 Å². The highest BCUT2D eigenvalue weighted by Crippen LogP contribution is 2.28. The molecular weight excluding hydrogens is 365 g/mol. The Morgan fingerprint density at radius 3 is 2.84 bits per heavy atom. The highest BCUT2D eigenvalue weighted by atomic mass is 35.5. The van der Waals surface area contributed by atoms with Gasteiger partial charge in [-0.3, -0.25) is 4.79 Å². The van der Waals surface area contributed by atoms with Crippen molar-refractivity contribution in [1.29, 1.82) is 0 Å². The van der Waals surface area contributed by atoms with Gasteiger partial charge < -0.3 is 10.1 Å². The Morgan fingerprint density at radius 2 is 2.08 bits per heavy atom. The number of nitrogens with one attached hydrogen (secondary N) is 1. The number of aromatic nitrogens is 4. The third-order valence-corrected chi connectivity index (χ3v) is 4.71. The van der Waals surface area contributed by atoms with Gasteiger partial charge in [0, 0.05) is 5.02 Å². The Kier molecular flexibility index (Phi) is 6.09. The number of ether oxygens (including phenoxy) is 1. The van der Waals surface area contributed by atoms with Gasteiger partial charge in [-0.2, -0.15) is 0 Å². The lowest BCUT2D eigenvalue weighted by Gasteiger charge is -2.22. The van der Waals surface area contributed by atoms with Crippen molar-refractivity contribution in [3.05, 3.63) is 34.1 Å². The van der Waals surface area contributed by atoms with Crippen LogP contribution in [0.3, 0.4) is 0 Å². The van der Waals surface area contributed by atoms with Crippen molar-refractivity contribution in [3.63, 3.8) is 0 Å². The maximum atomic E-state index is 12.0. The zero-order valence-electron chi connectivity index (χ0n) is 13.6. The standard InChI is InChI=1S/C16H19Cl2N5O2/c17-11-6-7-14(13(18)8-11)25-10-16(24)19-9-15-20-21-22-23(15)12-4-2-1-3-5-12/h6-8,12H,1-5,9-10H2,(H,19,24). The molecule has 134 valence electrons. The largest absolute Gasteiger partial charge is 0.482 e. The van der Waals surface area contributed by atoms with Gasteiger partial charge in [0.1, 0.15) is 5.75 Å². The molecule has 9 heteroatoms. The second-order valence-electron chi connectivity index (χ2n) is 5.97. The number of rotatable bonds is 6. The summed E-state index contributed by atoms with van der Waals surface area (Å²) in [6.07, 6.45) is 5.78. The Bertz CT molecular complexity index is 731. The topological polar surface area (TPSA) is 81.9 Å². The predicted molar refractivity (Wildman–Crippen MR) is 93.7 cm³/mol. The summed E-state index contributed by atoms with van der Waals surface area (Å²) in [5, 5.41) is 15.5. The fourth-order valence-corrected chi connectivity index (χ4v) is 3.37. The van der Waals surface area contributed by atoms with Gasteiger partial charge in [0.25, 0.3) is 5.91 Å². The fraction of sp³-hybridized carbons (Fsp3) is 0.500. The molecule has 1 fully saturated rings. The van der Waals surface area contributed by atoms with Crippen LogP contribution in [0.5, 0.6) is 5.75 Å². The Morgan fingerprint density at radius 1 is 1.28 bits per heavy atom. The van der Waals surface area contributed by atoms with Crippen LogP contribution in [0, 0.1) is 0 Å². The lowest BCUT2D eigenvalue weighted by atomic mass is 9.96. The number of hydrogen-bond donors (Lipinski definition) is 1. The van der Waals surface area contributed by atoms with Gasteiger partial charge in [-0.25, -0.2) is 4.68 Å². The van der Waals surface area contributed by atoms with E-state index in [9.17, 15) is 4.79 Å². The van der Waals surface area contributed by atoms with Gasteiger partial charge in [-0.05, 0) is 41.5 Å². The molecule has 7 nitrogen and oxygen atoms in total. The summed E-state index contributed by atoms with van der Waals surface area (Å²) in [4.78, 5) is 12.0. The number of tetrazole rings is 1. The van der Waals surface area contributed by atoms with Crippen LogP contribution in [-0.4, -0.2) is 32.7 Å². The first-order valence-electron chi connectivity index (χ1n) is 8.25. The second kappa shape index (κ2) is 8.49. The Labute approximate surface area is 155 Å². The first-order valence-corrected chi connectivity index (χ1v) is 9.00. The number of amides is 1. The molecule has 0 saturated heterocycles. The summed E-state index contributed by atoms with van der Waals surface area (Å²) in [6.45, 7) is 0.117. The van der Waals surface area contributed by atoms with Crippen molar-refractivity contribution in [2.24, 2.45) is 0 Å². The van der Waals surface area contributed by atoms with E-state index in [0.29, 0.717) is 27.7 Å². The van der Waals surface area contributed by atoms with Crippen molar-refractivity contribution < 1.29 is 9.53 Å². The quantitative estimate of drug-likeness (QED) is 0.827. The molecule has 3 rings (SSSR count). The number of carbonyl (C=O) groups is 1. The zero-order chi connectivity index (χ0) is 17.6. The van der Waals surface area contributed by atoms with E-state index < -0.39 is 0 Å². The minimum atomic E-state index is -0.274. The molecular formula is C16H19Cl2N5O2. The van der Waals surface area contributed by atoms with Crippen LogP contribution in [0.1, 0.15) is 44.0 Å². The van der Waals surface area contributed by atoms with Gasteiger partial charge in [0.05, 0.1) is 17.6 Å². The first kappa shape index (κ1) is 17.9. The van der Waals surface area contributed by atoms with E-state index in [-0.39, 0.29) is 19.1 Å². The van der Waals surface area contributed by atoms with Gasteiger partial charge in [-0.1, -0.05) is 42.5 Å². The molecule has 1 aliphatic carbocycles. The maximum Gasteiger partial charge on any atom is 0.258 e. The van der Waals surface area contributed by atoms with E-state index in [2.05, 4.69) is 20.8 Å². The number of nitrogens with zero attached hydrogens (tertiary/aromatic N) is 4. The highest BCUT2D eigenvalue weighted by molar-refractivity contribution is 6.35. The highest BCUT2D eigenvalue weighted by Gasteiger charge is 2.20. The van der Waals surface area contributed by atoms with Crippen LogP contribution in [0.25, 0.3) is 0 Å². The summed E-state index contributed by atoms with van der Waals surface area (Å²) in [7, 11) is 0. The molecule has 25 heavy (non-hydrogen) atoms. The molecule has 0 bridgehead atoms. The summed E-state index contributed by atoms with van der Waals surface area (Å²) in [5.41, 5.74) is 0. The number of hydrogen-bond acceptors (Lipinski definition) is 5. The molecule has 1 N–H and O–H groups in total. The van der Waals surface area contributed by atoms with Gasteiger partial charge in [0.15, 0.2) is 12.4 Å². The Balaban J connectivity index is 1.50. The third-order valence-electron chi connectivity index (χ3n) is 4.18. The molecule has 1 saturated carbocycles. The number of benzene rings is 1. The van der Waals surface area contributed by atoms with Crippen LogP contribution in [-0.2, 0) is 11.3 Å². The fourth-order valence-electron chi connectivity index (χ4n) is 2.90. The molecule has 1 heterocycles. The molecule has 0 unspecified atom stereocenters. The van der Waals surface area contributed by atoms with Crippen molar-refractivity contribution in [2.45, 2.75) is 44.7 Å². The van der Waals surface area contributed by atoms with E-state index in [1.807, 2.05) is 4.68 Å². The van der Waals surface area contributed by atoms with E-state index in [4.69, 9.17) is 27.9 Å². The summed E-state index contributed by atoms with van der Waals surface area (Å²) >= 11 is 11.8. The SMILES string of the molecule is O=C(COc1ccc(Cl)cc1Cl)NCc1nnnn1C1CCCCC1. The van der Waals surface area contributed by atoms with E-state index in [1.54, 1.807) is 18.2 Å². The first-order chi connectivity index (χ1) is 12.1. The normalized spacial score (nSPS) is 15.1. The van der Waals surface area contributed by atoms with E-state index in [0.717, 1.165) is 12.8 Å². The second-order valence-corrected chi connectivity index (χ2v) is 6.82. The minimum absolute atomic E-state index is 0.146. The molecule has 0 aliphatic heterocycles. The molecule has 1 aromatic carbocycles.